The molecule has 2 aromatic rings. The van der Waals surface area contributed by atoms with Gasteiger partial charge >= 0.3 is 6.03 Å². The van der Waals surface area contributed by atoms with E-state index in [0.717, 1.165) is 24.3 Å². The third-order valence-corrected chi connectivity index (χ3v) is 4.63. The van der Waals surface area contributed by atoms with Gasteiger partial charge in [-0.05, 0) is 42.7 Å². The molecule has 1 atom stereocenters. The van der Waals surface area contributed by atoms with Crippen LogP contribution in [0.5, 0.6) is 5.75 Å². The summed E-state index contributed by atoms with van der Waals surface area (Å²) in [6.45, 7) is 4.26. The third-order valence-electron chi connectivity index (χ3n) is 4.63. The van der Waals surface area contributed by atoms with E-state index in [0.29, 0.717) is 13.1 Å². The molecule has 2 N–H and O–H groups in total. The summed E-state index contributed by atoms with van der Waals surface area (Å²) in [6, 6.07) is 16.3. The molecule has 5 nitrogen and oxygen atoms in total. The van der Waals surface area contributed by atoms with E-state index in [2.05, 4.69) is 46.7 Å². The highest BCUT2D eigenvalue weighted by Gasteiger charge is 2.22. The number of rotatable bonds is 6. The second-order valence-electron chi connectivity index (χ2n) is 6.33. The molecule has 2 amide bonds. The normalized spacial score (nSPS) is 13.9. The van der Waals surface area contributed by atoms with Crippen LogP contribution in [0, 0.1) is 0 Å². The van der Waals surface area contributed by atoms with Gasteiger partial charge < -0.3 is 20.3 Å². The molecule has 0 saturated heterocycles. The van der Waals surface area contributed by atoms with Crippen LogP contribution < -0.4 is 20.3 Å². The first-order valence-corrected chi connectivity index (χ1v) is 8.66. The van der Waals surface area contributed by atoms with Crippen molar-refractivity contribution in [2.24, 2.45) is 0 Å². The summed E-state index contributed by atoms with van der Waals surface area (Å²) < 4.78 is 5.13. The van der Waals surface area contributed by atoms with E-state index in [1.807, 2.05) is 24.3 Å². The van der Waals surface area contributed by atoms with Crippen molar-refractivity contribution >= 4 is 11.7 Å². The molecule has 0 bridgehead atoms. The molecule has 0 unspecified atom stereocenters. The van der Waals surface area contributed by atoms with Gasteiger partial charge in [0.25, 0.3) is 0 Å². The number of benzene rings is 2. The Hall–Kier alpha value is -2.69. The fourth-order valence-corrected chi connectivity index (χ4v) is 3.16. The van der Waals surface area contributed by atoms with Crippen LogP contribution >= 0.6 is 0 Å². The van der Waals surface area contributed by atoms with E-state index >= 15 is 0 Å². The van der Waals surface area contributed by atoms with Crippen LogP contribution in [0.25, 0.3) is 0 Å². The number of hydrogen-bond acceptors (Lipinski definition) is 3. The number of ether oxygens (including phenoxy) is 1. The van der Waals surface area contributed by atoms with Crippen LogP contribution in [0.4, 0.5) is 10.5 Å². The van der Waals surface area contributed by atoms with Gasteiger partial charge in [0.2, 0.25) is 0 Å². The minimum atomic E-state index is -0.143. The zero-order valence-electron chi connectivity index (χ0n) is 14.8. The molecule has 132 valence electrons. The molecule has 25 heavy (non-hydrogen) atoms. The van der Waals surface area contributed by atoms with Crippen molar-refractivity contribution in [1.82, 2.24) is 10.6 Å². The Kier molecular flexibility index (Phi) is 5.43. The summed E-state index contributed by atoms with van der Waals surface area (Å²) in [5.41, 5.74) is 3.71. The van der Waals surface area contributed by atoms with Gasteiger partial charge in [0.05, 0.1) is 7.11 Å². The lowest BCUT2D eigenvalue weighted by atomic mass is 10.2. The number of amides is 2. The summed E-state index contributed by atoms with van der Waals surface area (Å²) in [5.74, 6) is 0.813. The summed E-state index contributed by atoms with van der Waals surface area (Å²) in [4.78, 5) is 14.4. The molecule has 0 radical (unpaired) electrons. The zero-order valence-corrected chi connectivity index (χ0v) is 14.8. The molecule has 0 saturated carbocycles. The van der Waals surface area contributed by atoms with Crippen LogP contribution in [0.15, 0.2) is 48.5 Å². The Balaban J connectivity index is 1.44. The molecule has 0 spiro atoms. The van der Waals surface area contributed by atoms with Crippen LogP contribution in [0.1, 0.15) is 18.1 Å². The minimum Gasteiger partial charge on any atom is -0.497 e. The van der Waals surface area contributed by atoms with E-state index in [9.17, 15) is 4.79 Å². The van der Waals surface area contributed by atoms with Crippen molar-refractivity contribution < 1.29 is 9.53 Å². The lowest BCUT2D eigenvalue weighted by Gasteiger charge is -2.27. The van der Waals surface area contributed by atoms with Gasteiger partial charge in [0.1, 0.15) is 5.75 Å². The summed E-state index contributed by atoms with van der Waals surface area (Å²) >= 11 is 0. The Labute approximate surface area is 149 Å². The first-order valence-electron chi connectivity index (χ1n) is 8.66. The number of anilines is 1. The Morgan fingerprint density at radius 3 is 2.68 bits per heavy atom. The number of nitrogens with zero attached hydrogens (tertiary/aromatic N) is 1. The van der Waals surface area contributed by atoms with E-state index in [-0.39, 0.29) is 12.1 Å². The standard InChI is InChI=1S/C20H25N3O2/c1-15(23-12-11-17-5-3-4-6-19(17)23)13-21-20(24)22-14-16-7-9-18(25-2)10-8-16/h3-10,15H,11-14H2,1-2H3,(H2,21,22,24)/t15-/m1/s1. The molecular formula is C20H25N3O2. The fraction of sp³-hybridized carbons (Fsp3) is 0.350. The maximum absolute atomic E-state index is 12.0. The smallest absolute Gasteiger partial charge is 0.315 e. The second kappa shape index (κ2) is 7.92. The number of para-hydroxylation sites is 1. The molecular weight excluding hydrogens is 314 g/mol. The average molecular weight is 339 g/mol. The summed E-state index contributed by atoms with van der Waals surface area (Å²) in [6.07, 6.45) is 1.07. The van der Waals surface area contributed by atoms with E-state index < -0.39 is 0 Å². The van der Waals surface area contributed by atoms with Gasteiger partial charge in [0.15, 0.2) is 0 Å². The highest BCUT2D eigenvalue weighted by molar-refractivity contribution is 5.74. The summed E-state index contributed by atoms with van der Waals surface area (Å²) in [7, 11) is 1.64. The molecule has 1 aliphatic rings. The lowest BCUT2D eigenvalue weighted by Crippen LogP contribution is -2.44. The monoisotopic (exact) mass is 339 g/mol. The first kappa shape index (κ1) is 17.1. The average Bonchev–Trinajstić information content (AvgIpc) is 3.09. The predicted molar refractivity (Wildman–Crippen MR) is 100 cm³/mol. The highest BCUT2D eigenvalue weighted by Crippen LogP contribution is 2.28. The third kappa shape index (κ3) is 4.24. The predicted octanol–water partition coefficient (Wildman–Crippen LogP) is 2.95. The number of fused-ring (bicyclic) bond motifs is 1. The van der Waals surface area contributed by atoms with Gasteiger partial charge in [-0.15, -0.1) is 0 Å². The Morgan fingerprint density at radius 1 is 1.16 bits per heavy atom. The largest absolute Gasteiger partial charge is 0.497 e. The number of carbonyl (C=O) groups is 1. The quantitative estimate of drug-likeness (QED) is 0.851. The van der Waals surface area contributed by atoms with Gasteiger partial charge in [-0.25, -0.2) is 4.79 Å². The number of urea groups is 1. The number of methoxy groups -OCH3 is 1. The molecule has 1 aliphatic heterocycles. The van der Waals surface area contributed by atoms with Crippen molar-refractivity contribution in [3.05, 3.63) is 59.7 Å². The molecule has 2 aromatic carbocycles. The molecule has 1 heterocycles. The molecule has 5 heteroatoms. The van der Waals surface area contributed by atoms with Crippen molar-refractivity contribution in [2.75, 3.05) is 25.1 Å². The number of carbonyl (C=O) groups excluding carboxylic acids is 1. The number of hydrogen-bond donors (Lipinski definition) is 2. The maximum atomic E-state index is 12.0. The topological polar surface area (TPSA) is 53.6 Å². The van der Waals surface area contributed by atoms with Crippen LogP contribution in [0.2, 0.25) is 0 Å². The lowest BCUT2D eigenvalue weighted by molar-refractivity contribution is 0.240. The van der Waals surface area contributed by atoms with Crippen molar-refractivity contribution in [2.45, 2.75) is 25.9 Å². The van der Waals surface area contributed by atoms with Gasteiger partial charge in [-0.1, -0.05) is 30.3 Å². The van der Waals surface area contributed by atoms with Crippen molar-refractivity contribution in [3.8, 4) is 5.75 Å². The van der Waals surface area contributed by atoms with Crippen LogP contribution in [-0.4, -0.2) is 32.3 Å². The van der Waals surface area contributed by atoms with Gasteiger partial charge in [-0.2, -0.15) is 0 Å². The highest BCUT2D eigenvalue weighted by atomic mass is 16.5. The second-order valence-corrected chi connectivity index (χ2v) is 6.33. The molecule has 0 aliphatic carbocycles. The van der Waals surface area contributed by atoms with E-state index in [1.54, 1.807) is 7.11 Å². The van der Waals surface area contributed by atoms with E-state index in [1.165, 1.54) is 11.3 Å². The van der Waals surface area contributed by atoms with E-state index in [4.69, 9.17) is 4.74 Å². The zero-order chi connectivity index (χ0) is 17.6. The van der Waals surface area contributed by atoms with Crippen molar-refractivity contribution in [3.63, 3.8) is 0 Å². The van der Waals surface area contributed by atoms with Gasteiger partial charge in [0, 0.05) is 31.4 Å². The first-order chi connectivity index (χ1) is 12.2. The summed E-state index contributed by atoms with van der Waals surface area (Å²) in [5, 5.41) is 5.86. The molecule has 3 rings (SSSR count). The van der Waals surface area contributed by atoms with Crippen LogP contribution in [0.3, 0.4) is 0 Å². The number of nitrogens with one attached hydrogen (secondary N) is 2. The maximum Gasteiger partial charge on any atom is 0.315 e. The van der Waals surface area contributed by atoms with Crippen molar-refractivity contribution in [1.29, 1.82) is 0 Å². The van der Waals surface area contributed by atoms with Crippen LogP contribution in [-0.2, 0) is 13.0 Å². The SMILES string of the molecule is COc1ccc(CNC(=O)NC[C@@H](C)N2CCc3ccccc32)cc1. The fourth-order valence-electron chi connectivity index (χ4n) is 3.16. The molecule has 0 fully saturated rings. The Bertz CT molecular complexity index is 715. The minimum absolute atomic E-state index is 0.143. The molecule has 0 aromatic heterocycles. The van der Waals surface area contributed by atoms with Gasteiger partial charge in [-0.3, -0.25) is 0 Å². The Morgan fingerprint density at radius 2 is 1.92 bits per heavy atom.